The number of sulfone groups is 1. The molecule has 8 nitrogen and oxygen atoms in total. The van der Waals surface area contributed by atoms with Gasteiger partial charge in [0.1, 0.15) is 0 Å². The molecule has 0 spiro atoms. The molecule has 0 unspecified atom stereocenters. The molecule has 1 aliphatic rings. The Kier molecular flexibility index (Phi) is 7.17. The molecular formula is C19H29N5O3S. The molecule has 1 saturated heterocycles. The number of hydrogen-bond donors (Lipinski definition) is 0. The third-order valence-electron chi connectivity index (χ3n) is 4.93. The molecule has 0 atom stereocenters. The summed E-state index contributed by atoms with van der Waals surface area (Å²) in [6.45, 7) is 6.54. The number of nitrogens with zero attached hydrogens (tertiary/aromatic N) is 5. The van der Waals surface area contributed by atoms with E-state index in [9.17, 15) is 8.42 Å². The van der Waals surface area contributed by atoms with Crippen molar-refractivity contribution in [3.63, 3.8) is 0 Å². The summed E-state index contributed by atoms with van der Waals surface area (Å²) in [6.07, 6.45) is 5.49. The second-order valence-electron chi connectivity index (χ2n) is 7.18. The van der Waals surface area contributed by atoms with Crippen LogP contribution >= 0.6 is 0 Å². The van der Waals surface area contributed by atoms with E-state index < -0.39 is 9.84 Å². The molecule has 0 radical (unpaired) electrons. The van der Waals surface area contributed by atoms with Gasteiger partial charge >= 0.3 is 0 Å². The average molecular weight is 408 g/mol. The number of pyridine rings is 1. The normalized spacial score (nSPS) is 16.5. The van der Waals surface area contributed by atoms with E-state index >= 15 is 0 Å². The Bertz CT molecular complexity index is 846. The predicted octanol–water partition coefficient (Wildman–Crippen LogP) is 1.04. The highest BCUT2D eigenvalue weighted by molar-refractivity contribution is 7.90. The van der Waals surface area contributed by atoms with Crippen molar-refractivity contribution in [1.82, 2.24) is 24.3 Å². The molecule has 2 aromatic heterocycles. The van der Waals surface area contributed by atoms with Crippen LogP contribution in [0.1, 0.15) is 17.8 Å². The van der Waals surface area contributed by atoms with Crippen molar-refractivity contribution in [3.8, 4) is 0 Å². The molecule has 2 aromatic rings. The molecule has 1 aliphatic heterocycles. The van der Waals surface area contributed by atoms with Gasteiger partial charge in [-0.3, -0.25) is 14.8 Å². The lowest BCUT2D eigenvalue weighted by atomic mass is 10.2. The highest BCUT2D eigenvalue weighted by atomic mass is 32.2. The van der Waals surface area contributed by atoms with Crippen molar-refractivity contribution in [2.24, 2.45) is 0 Å². The summed E-state index contributed by atoms with van der Waals surface area (Å²) in [7, 11) is -1.71. The summed E-state index contributed by atoms with van der Waals surface area (Å²) in [5, 5.41) is 0.146. The SMILES string of the molecule is COCCCn1c(CN2CCN(Cc3ccccn3)CC2)cnc1S(C)(=O)=O. The fourth-order valence-corrected chi connectivity index (χ4v) is 4.33. The lowest BCUT2D eigenvalue weighted by molar-refractivity contribution is 0.118. The topological polar surface area (TPSA) is 80.6 Å². The summed E-state index contributed by atoms with van der Waals surface area (Å²) >= 11 is 0. The second-order valence-corrected chi connectivity index (χ2v) is 9.09. The van der Waals surface area contributed by atoms with Gasteiger partial charge in [-0.2, -0.15) is 0 Å². The molecule has 0 bridgehead atoms. The molecule has 3 rings (SSSR count). The van der Waals surface area contributed by atoms with Crippen LogP contribution in [-0.4, -0.2) is 78.9 Å². The van der Waals surface area contributed by atoms with Gasteiger partial charge in [0.15, 0.2) is 0 Å². The summed E-state index contributed by atoms with van der Waals surface area (Å²) < 4.78 is 31.1. The summed E-state index contributed by atoms with van der Waals surface area (Å²) in [5.41, 5.74) is 2.03. The third-order valence-corrected chi connectivity index (χ3v) is 5.91. The zero-order valence-electron chi connectivity index (χ0n) is 16.6. The minimum absolute atomic E-state index is 0.146. The van der Waals surface area contributed by atoms with Crippen molar-refractivity contribution in [2.75, 3.05) is 46.2 Å². The molecule has 0 N–H and O–H groups in total. The maximum absolute atomic E-state index is 12.1. The Balaban J connectivity index is 1.60. The van der Waals surface area contributed by atoms with Crippen LogP contribution in [0, 0.1) is 0 Å². The molecule has 1 fully saturated rings. The first-order valence-corrected chi connectivity index (χ1v) is 11.4. The standard InChI is InChI=1S/C19H29N5O3S/c1-27-13-5-8-24-18(14-21-19(24)28(2,25)26)16-23-11-9-22(10-12-23)15-17-6-3-4-7-20-17/h3-4,6-7,14H,5,8-13,15-16H2,1-2H3. The maximum atomic E-state index is 12.1. The van der Waals surface area contributed by atoms with Crippen LogP contribution in [0.3, 0.4) is 0 Å². The molecule has 3 heterocycles. The van der Waals surface area contributed by atoms with Crippen LogP contribution in [0.5, 0.6) is 0 Å². The van der Waals surface area contributed by atoms with Gasteiger partial charge in [0.2, 0.25) is 15.0 Å². The van der Waals surface area contributed by atoms with E-state index in [1.54, 1.807) is 13.3 Å². The van der Waals surface area contributed by atoms with Gasteiger partial charge in [-0.1, -0.05) is 6.07 Å². The largest absolute Gasteiger partial charge is 0.385 e. The van der Waals surface area contributed by atoms with Crippen LogP contribution in [0.2, 0.25) is 0 Å². The highest BCUT2D eigenvalue weighted by Crippen LogP contribution is 2.16. The molecular weight excluding hydrogens is 378 g/mol. The van der Waals surface area contributed by atoms with Crippen molar-refractivity contribution in [1.29, 1.82) is 0 Å². The van der Waals surface area contributed by atoms with Gasteiger partial charge in [0.05, 0.1) is 17.6 Å². The maximum Gasteiger partial charge on any atom is 0.227 e. The van der Waals surface area contributed by atoms with Crippen molar-refractivity contribution < 1.29 is 13.2 Å². The number of piperazine rings is 1. The van der Waals surface area contributed by atoms with Gasteiger partial charge in [-0.25, -0.2) is 13.4 Å². The summed E-state index contributed by atoms with van der Waals surface area (Å²) in [4.78, 5) is 13.3. The van der Waals surface area contributed by atoms with Crippen molar-refractivity contribution in [3.05, 3.63) is 42.0 Å². The number of imidazole rings is 1. The first kappa shape index (κ1) is 20.9. The van der Waals surface area contributed by atoms with Crippen LogP contribution < -0.4 is 0 Å². The Morgan fingerprint density at radius 3 is 2.39 bits per heavy atom. The molecule has 28 heavy (non-hydrogen) atoms. The number of methoxy groups -OCH3 is 1. The van der Waals surface area contributed by atoms with E-state index in [1.807, 2.05) is 22.9 Å². The average Bonchev–Trinajstić information content (AvgIpc) is 3.07. The highest BCUT2D eigenvalue weighted by Gasteiger charge is 2.22. The van der Waals surface area contributed by atoms with Gasteiger partial charge < -0.3 is 9.30 Å². The van der Waals surface area contributed by atoms with E-state index in [-0.39, 0.29) is 5.16 Å². The third kappa shape index (κ3) is 5.60. The Labute approximate surface area is 167 Å². The predicted molar refractivity (Wildman–Crippen MR) is 107 cm³/mol. The first-order valence-electron chi connectivity index (χ1n) is 9.55. The van der Waals surface area contributed by atoms with Crippen LogP contribution in [0.25, 0.3) is 0 Å². The fraction of sp³-hybridized carbons (Fsp3) is 0.579. The van der Waals surface area contributed by atoms with Gasteiger partial charge in [0.25, 0.3) is 0 Å². The van der Waals surface area contributed by atoms with E-state index in [4.69, 9.17) is 4.74 Å². The minimum Gasteiger partial charge on any atom is -0.385 e. The molecule has 0 aromatic carbocycles. The number of ether oxygens (including phenoxy) is 1. The quantitative estimate of drug-likeness (QED) is 0.575. The van der Waals surface area contributed by atoms with Crippen LogP contribution in [-0.2, 0) is 34.2 Å². The molecule has 0 amide bonds. The molecule has 9 heteroatoms. The van der Waals surface area contributed by atoms with Crippen molar-refractivity contribution >= 4 is 9.84 Å². The number of hydrogen-bond acceptors (Lipinski definition) is 7. The minimum atomic E-state index is -3.36. The monoisotopic (exact) mass is 407 g/mol. The zero-order chi connectivity index (χ0) is 20.0. The van der Waals surface area contributed by atoms with E-state index in [1.165, 1.54) is 6.26 Å². The second kappa shape index (κ2) is 9.60. The van der Waals surface area contributed by atoms with Crippen LogP contribution in [0.4, 0.5) is 0 Å². The van der Waals surface area contributed by atoms with Gasteiger partial charge in [0, 0.05) is 72.0 Å². The summed E-state index contributed by atoms with van der Waals surface area (Å²) in [5.74, 6) is 0. The van der Waals surface area contributed by atoms with E-state index in [2.05, 4.69) is 25.8 Å². The van der Waals surface area contributed by atoms with E-state index in [0.717, 1.165) is 50.5 Å². The lowest BCUT2D eigenvalue weighted by Gasteiger charge is -2.34. The Morgan fingerprint density at radius 1 is 1.07 bits per heavy atom. The zero-order valence-corrected chi connectivity index (χ0v) is 17.4. The first-order chi connectivity index (χ1) is 13.5. The Hall–Kier alpha value is -1.81. The molecule has 154 valence electrons. The van der Waals surface area contributed by atoms with Crippen molar-refractivity contribution in [2.45, 2.75) is 31.2 Å². The Morgan fingerprint density at radius 2 is 1.79 bits per heavy atom. The summed E-state index contributed by atoms with van der Waals surface area (Å²) in [6, 6.07) is 6.00. The van der Waals surface area contributed by atoms with E-state index in [0.29, 0.717) is 19.7 Å². The molecule has 0 saturated carbocycles. The number of aromatic nitrogens is 3. The van der Waals surface area contributed by atoms with Gasteiger partial charge in [-0.05, 0) is 18.6 Å². The number of rotatable bonds is 9. The van der Waals surface area contributed by atoms with Crippen LogP contribution in [0.15, 0.2) is 35.7 Å². The lowest BCUT2D eigenvalue weighted by Crippen LogP contribution is -2.45. The molecule has 0 aliphatic carbocycles. The fourth-order valence-electron chi connectivity index (χ4n) is 3.48. The smallest absolute Gasteiger partial charge is 0.227 e. The van der Waals surface area contributed by atoms with Gasteiger partial charge in [-0.15, -0.1) is 0 Å².